The van der Waals surface area contributed by atoms with E-state index in [1.54, 1.807) is 0 Å². The molecule has 0 amide bonds. The summed E-state index contributed by atoms with van der Waals surface area (Å²) in [6.45, 7) is 0. The molecule has 0 saturated carbocycles. The van der Waals surface area contributed by atoms with Crippen LogP contribution in [0.25, 0.3) is 0 Å². The van der Waals surface area contributed by atoms with Crippen LogP contribution in [0.2, 0.25) is 0 Å². The van der Waals surface area contributed by atoms with Crippen LogP contribution >= 0.6 is 0 Å². The molecule has 0 fully saturated rings. The van der Waals surface area contributed by atoms with E-state index in [0.29, 0.717) is 4.90 Å². The second-order valence-electron chi connectivity index (χ2n) is 4.52. The minimum Gasteiger partial charge on any atom is -0.744 e. The number of rotatable bonds is 5. The van der Waals surface area contributed by atoms with Crippen LogP contribution in [0.5, 0.6) is 0 Å². The van der Waals surface area contributed by atoms with E-state index in [2.05, 4.69) is 4.72 Å². The van der Waals surface area contributed by atoms with Gasteiger partial charge < -0.3 is 4.55 Å². The Bertz CT molecular complexity index is 973. The Balaban J connectivity index is 0.00000288. The smallest absolute Gasteiger partial charge is 0.744 e. The fourth-order valence-corrected chi connectivity index (χ4v) is 4.00. The first-order valence-electron chi connectivity index (χ1n) is 6.12. The first kappa shape index (κ1) is 21.9. The van der Waals surface area contributed by atoms with Gasteiger partial charge in [0.15, 0.2) is 0 Å². The molecular weight excluding hydrogens is 401 g/mol. The number of benzene rings is 2. The van der Waals surface area contributed by atoms with Crippen molar-refractivity contribution < 1.29 is 77.0 Å². The van der Waals surface area contributed by atoms with Crippen LogP contribution in [0.3, 0.4) is 0 Å². The summed E-state index contributed by atoms with van der Waals surface area (Å²) < 4.78 is 71.1. The molecule has 2 aromatic carbocycles. The van der Waals surface area contributed by atoms with Gasteiger partial charge in [-0.25, -0.2) is 16.8 Å². The Morgan fingerprint density at radius 1 is 0.958 bits per heavy atom. The van der Waals surface area contributed by atoms with E-state index in [1.807, 2.05) is 0 Å². The molecule has 0 spiro atoms. The molecule has 2 rings (SSSR count). The molecule has 0 radical (unpaired) electrons. The van der Waals surface area contributed by atoms with Gasteiger partial charge in [-0.2, -0.15) is 0 Å². The van der Waals surface area contributed by atoms with Crippen molar-refractivity contribution in [2.24, 2.45) is 0 Å². The van der Waals surface area contributed by atoms with Gasteiger partial charge in [-0.3, -0.25) is 8.93 Å². The average Bonchev–Trinajstić information content (AvgIpc) is 2.46. The van der Waals surface area contributed by atoms with E-state index in [9.17, 15) is 25.6 Å². The molecule has 0 aliphatic rings. The number of anilines is 1. The maximum atomic E-state index is 12.3. The number of sulfonamides is 1. The minimum atomic E-state index is -4.69. The zero-order chi connectivity index (χ0) is 17.3. The molecule has 1 N–H and O–H groups in total. The second-order valence-corrected chi connectivity index (χ2v) is 8.96. The van der Waals surface area contributed by atoms with E-state index in [4.69, 9.17) is 0 Å². The SMILES string of the molecule is CS(=O)c1cccc(S(=O)(=O)Nc2cccc(S(=O)(=O)[O-])c2)c1.[K+]. The average molecular weight is 414 g/mol. The van der Waals surface area contributed by atoms with Crippen LogP contribution < -0.4 is 56.1 Å². The van der Waals surface area contributed by atoms with Gasteiger partial charge >= 0.3 is 51.4 Å². The van der Waals surface area contributed by atoms with Gasteiger partial charge in [0.1, 0.15) is 10.1 Å². The summed E-state index contributed by atoms with van der Waals surface area (Å²) in [6, 6.07) is 10.1. The van der Waals surface area contributed by atoms with E-state index in [1.165, 1.54) is 42.7 Å². The standard InChI is InChI=1S/C13H13NO6S3.K/c1-21(15)11-5-3-6-12(9-11)22(16,17)14-10-4-2-7-13(8-10)23(18,19)20;/h2-9,14H,1H3,(H,18,19,20);/q;+1/p-1. The van der Waals surface area contributed by atoms with Crippen molar-refractivity contribution in [3.05, 3.63) is 48.5 Å². The molecule has 1 unspecified atom stereocenters. The summed E-state index contributed by atoms with van der Waals surface area (Å²) in [5.41, 5.74) is -0.0649. The predicted octanol–water partition coefficient (Wildman–Crippen LogP) is -1.87. The quantitative estimate of drug-likeness (QED) is 0.453. The molecule has 0 aliphatic heterocycles. The van der Waals surface area contributed by atoms with Crippen molar-refractivity contribution in [3.63, 3.8) is 0 Å². The van der Waals surface area contributed by atoms with Gasteiger partial charge in [0, 0.05) is 22.0 Å². The molecule has 1 atom stereocenters. The van der Waals surface area contributed by atoms with Crippen LogP contribution in [-0.4, -0.2) is 31.9 Å². The predicted molar refractivity (Wildman–Crippen MR) is 84.0 cm³/mol. The van der Waals surface area contributed by atoms with E-state index >= 15 is 0 Å². The Kier molecular flexibility index (Phi) is 7.78. The minimum absolute atomic E-state index is 0. The van der Waals surface area contributed by atoms with Gasteiger partial charge in [0.2, 0.25) is 0 Å². The van der Waals surface area contributed by atoms with E-state index in [-0.39, 0.29) is 62.0 Å². The first-order valence-corrected chi connectivity index (χ1v) is 10.6. The molecule has 0 saturated heterocycles. The van der Waals surface area contributed by atoms with Crippen molar-refractivity contribution in [1.82, 2.24) is 0 Å². The molecule has 0 aliphatic carbocycles. The van der Waals surface area contributed by atoms with Crippen molar-refractivity contribution >= 4 is 36.6 Å². The first-order chi connectivity index (χ1) is 10.6. The summed E-state index contributed by atoms with van der Waals surface area (Å²) in [6.07, 6.45) is 1.42. The van der Waals surface area contributed by atoms with Crippen molar-refractivity contribution in [1.29, 1.82) is 0 Å². The summed E-state index contributed by atoms with van der Waals surface area (Å²) in [7, 11) is -10.1. The molecular formula is C13H12KNO6S3. The van der Waals surface area contributed by atoms with Gasteiger partial charge in [-0.1, -0.05) is 12.1 Å². The largest absolute Gasteiger partial charge is 1.00 e. The summed E-state index contributed by atoms with van der Waals surface area (Å²) in [4.78, 5) is -0.328. The van der Waals surface area contributed by atoms with Crippen LogP contribution in [0.1, 0.15) is 0 Å². The zero-order valence-corrected chi connectivity index (χ0v) is 18.4. The van der Waals surface area contributed by atoms with Crippen LogP contribution in [0, 0.1) is 0 Å². The van der Waals surface area contributed by atoms with E-state index in [0.717, 1.165) is 12.1 Å². The van der Waals surface area contributed by atoms with Gasteiger partial charge in [0.05, 0.1) is 15.5 Å². The third-order valence-electron chi connectivity index (χ3n) is 2.82. The molecule has 2 aromatic rings. The number of hydrogen-bond acceptors (Lipinski definition) is 6. The van der Waals surface area contributed by atoms with Crippen molar-refractivity contribution in [2.45, 2.75) is 14.7 Å². The molecule has 0 heterocycles. The third kappa shape index (κ3) is 5.71. The Morgan fingerprint density at radius 3 is 2.12 bits per heavy atom. The Labute approximate surface area is 185 Å². The fraction of sp³-hybridized carbons (Fsp3) is 0.0769. The van der Waals surface area contributed by atoms with Crippen LogP contribution in [0.15, 0.2) is 63.2 Å². The van der Waals surface area contributed by atoms with Crippen LogP contribution in [0.4, 0.5) is 5.69 Å². The van der Waals surface area contributed by atoms with Gasteiger partial charge in [-0.05, 0) is 36.4 Å². The molecule has 7 nitrogen and oxygen atoms in total. The summed E-state index contributed by atoms with van der Waals surface area (Å²) in [5.74, 6) is 0. The Morgan fingerprint density at radius 2 is 1.54 bits per heavy atom. The molecule has 0 aromatic heterocycles. The second kappa shape index (κ2) is 8.51. The molecule has 0 bridgehead atoms. The number of hydrogen-bond donors (Lipinski definition) is 1. The molecule has 124 valence electrons. The van der Waals surface area contributed by atoms with Gasteiger partial charge in [0.25, 0.3) is 10.0 Å². The monoisotopic (exact) mass is 413 g/mol. The zero-order valence-electron chi connectivity index (χ0n) is 12.8. The van der Waals surface area contributed by atoms with Crippen molar-refractivity contribution in [3.8, 4) is 0 Å². The summed E-state index contributed by atoms with van der Waals surface area (Å²) >= 11 is 0. The third-order valence-corrected chi connectivity index (χ3v) is 5.95. The maximum Gasteiger partial charge on any atom is 1.00 e. The fourth-order valence-electron chi connectivity index (χ4n) is 1.75. The maximum absolute atomic E-state index is 12.3. The topological polar surface area (TPSA) is 120 Å². The van der Waals surface area contributed by atoms with Gasteiger partial charge in [-0.15, -0.1) is 0 Å². The molecule has 24 heavy (non-hydrogen) atoms. The molecule has 11 heteroatoms. The van der Waals surface area contributed by atoms with Crippen molar-refractivity contribution in [2.75, 3.05) is 11.0 Å². The van der Waals surface area contributed by atoms with Crippen LogP contribution in [-0.2, 0) is 30.9 Å². The normalized spacial score (nSPS) is 12.9. The number of nitrogens with one attached hydrogen (secondary N) is 1. The van der Waals surface area contributed by atoms with E-state index < -0.39 is 35.8 Å². The Hall–Kier alpha value is -0.114. The summed E-state index contributed by atoms with van der Waals surface area (Å²) in [5, 5.41) is 0.